The Morgan fingerprint density at radius 2 is 2.03 bits per heavy atom. The predicted molar refractivity (Wildman–Crippen MR) is 121 cm³/mol. The lowest BCUT2D eigenvalue weighted by Gasteiger charge is -2.26. The summed E-state index contributed by atoms with van der Waals surface area (Å²) in [5.74, 6) is 0.862. The highest BCUT2D eigenvalue weighted by Crippen LogP contribution is 2.28. The lowest BCUT2D eigenvalue weighted by molar-refractivity contribution is -0.134. The van der Waals surface area contributed by atoms with Crippen LogP contribution in [0.15, 0.2) is 35.5 Å². The van der Waals surface area contributed by atoms with E-state index >= 15 is 0 Å². The molecule has 32 heavy (non-hydrogen) atoms. The zero-order chi connectivity index (χ0) is 22.5. The zero-order valence-electron chi connectivity index (χ0n) is 17.8. The molecule has 2 aromatic heterocycles. The topological polar surface area (TPSA) is 99.4 Å². The number of nitrogens with zero attached hydrogens (tertiary/aromatic N) is 5. The van der Waals surface area contributed by atoms with Gasteiger partial charge >= 0.3 is 0 Å². The first kappa shape index (κ1) is 22.4. The molecule has 0 bridgehead atoms. The number of hydrogen-bond donors (Lipinski definition) is 0. The number of rotatable bonds is 8. The number of morpholine rings is 1. The minimum Gasteiger partial charge on any atom is -0.494 e. The number of carbonyl (C=O) groups excluding carboxylic acids is 2. The van der Waals surface area contributed by atoms with Crippen molar-refractivity contribution in [3.63, 3.8) is 0 Å². The largest absolute Gasteiger partial charge is 0.494 e. The minimum absolute atomic E-state index is 0.0316. The van der Waals surface area contributed by atoms with Gasteiger partial charge in [-0.2, -0.15) is 4.68 Å². The molecule has 1 saturated heterocycles. The molecule has 0 spiro atoms. The molecule has 0 radical (unpaired) electrons. The summed E-state index contributed by atoms with van der Waals surface area (Å²) in [5, 5.41) is 12.4. The predicted octanol–water partition coefficient (Wildman–Crippen LogP) is 2.42. The van der Waals surface area contributed by atoms with Gasteiger partial charge in [0, 0.05) is 18.0 Å². The van der Waals surface area contributed by atoms with Crippen LogP contribution >= 0.6 is 23.1 Å². The van der Waals surface area contributed by atoms with Crippen LogP contribution in [0, 0.1) is 6.92 Å². The van der Waals surface area contributed by atoms with Gasteiger partial charge < -0.3 is 14.4 Å². The van der Waals surface area contributed by atoms with Crippen LogP contribution in [0.5, 0.6) is 5.75 Å². The number of thioether (sulfide) groups is 1. The quantitative estimate of drug-likeness (QED) is 0.363. The monoisotopic (exact) mass is 473 g/mol. The number of hydrogen-bond acceptors (Lipinski definition) is 9. The van der Waals surface area contributed by atoms with Crippen LogP contribution in [0.2, 0.25) is 0 Å². The number of Topliss-reactive ketones (excluding diaryl/α,β-unsaturated/α-hetero) is 1. The summed E-state index contributed by atoms with van der Waals surface area (Å²) in [7, 11) is 1.59. The number of ether oxygens (including phenoxy) is 2. The van der Waals surface area contributed by atoms with Gasteiger partial charge in [-0.25, -0.2) is 0 Å². The van der Waals surface area contributed by atoms with Crippen LogP contribution < -0.4 is 4.74 Å². The molecular formula is C21H23N5O4S2. The number of aryl methyl sites for hydroxylation is 1. The van der Waals surface area contributed by atoms with Gasteiger partial charge in [-0.05, 0) is 47.2 Å². The van der Waals surface area contributed by atoms with E-state index in [1.165, 1.54) is 23.1 Å². The van der Waals surface area contributed by atoms with Crippen molar-refractivity contribution in [3.8, 4) is 11.4 Å². The number of tetrazole rings is 1. The third kappa shape index (κ3) is 5.17. The van der Waals surface area contributed by atoms with Gasteiger partial charge in [0.25, 0.3) is 0 Å². The third-order valence-electron chi connectivity index (χ3n) is 4.96. The maximum Gasteiger partial charge on any atom is 0.227 e. The third-order valence-corrected chi connectivity index (χ3v) is 7.01. The second-order valence-electron chi connectivity index (χ2n) is 7.20. The maximum absolute atomic E-state index is 12.7. The van der Waals surface area contributed by atoms with E-state index < -0.39 is 0 Å². The Bertz CT molecular complexity index is 1110. The van der Waals surface area contributed by atoms with Crippen LogP contribution in [0.25, 0.3) is 5.69 Å². The first-order valence-electron chi connectivity index (χ1n) is 10.1. The molecule has 0 atom stereocenters. The molecule has 3 heterocycles. The van der Waals surface area contributed by atoms with Crippen molar-refractivity contribution in [2.24, 2.45) is 0 Å². The number of ketones is 1. The van der Waals surface area contributed by atoms with Crippen LogP contribution in [0.3, 0.4) is 0 Å². The molecule has 0 aliphatic carbocycles. The first-order valence-corrected chi connectivity index (χ1v) is 11.9. The molecule has 4 rings (SSSR count). The fourth-order valence-corrected chi connectivity index (χ4v) is 5.08. The Hall–Kier alpha value is -2.76. The second kappa shape index (κ2) is 10.2. The Morgan fingerprint density at radius 1 is 1.22 bits per heavy atom. The molecule has 11 heteroatoms. The maximum atomic E-state index is 12.7. The fourth-order valence-electron chi connectivity index (χ4n) is 3.28. The van der Waals surface area contributed by atoms with Gasteiger partial charge in [-0.1, -0.05) is 17.8 Å². The molecule has 1 fully saturated rings. The molecule has 0 unspecified atom stereocenters. The number of methoxy groups -OCH3 is 1. The van der Waals surface area contributed by atoms with Gasteiger partial charge in [-0.3, -0.25) is 9.59 Å². The van der Waals surface area contributed by atoms with Gasteiger partial charge in [0.1, 0.15) is 11.4 Å². The molecule has 3 aromatic rings. The normalized spacial score (nSPS) is 13.9. The van der Waals surface area contributed by atoms with Crippen LogP contribution in [0.1, 0.15) is 20.1 Å². The number of aromatic nitrogens is 4. The molecule has 1 aliphatic rings. The van der Waals surface area contributed by atoms with E-state index in [2.05, 4.69) is 15.5 Å². The van der Waals surface area contributed by atoms with Crippen LogP contribution in [0.4, 0.5) is 0 Å². The Kier molecular flexibility index (Phi) is 7.18. The van der Waals surface area contributed by atoms with E-state index in [-0.39, 0.29) is 17.4 Å². The Balaban J connectivity index is 1.39. The highest BCUT2D eigenvalue weighted by Gasteiger charge is 2.20. The highest BCUT2D eigenvalue weighted by atomic mass is 32.2. The molecule has 1 amide bonds. The van der Waals surface area contributed by atoms with E-state index in [0.29, 0.717) is 54.2 Å². The van der Waals surface area contributed by atoms with Crippen LogP contribution in [-0.4, -0.2) is 76.0 Å². The van der Waals surface area contributed by atoms with Crippen molar-refractivity contribution in [3.05, 3.63) is 45.6 Å². The number of benzene rings is 1. The second-order valence-corrected chi connectivity index (χ2v) is 9.31. The summed E-state index contributed by atoms with van der Waals surface area (Å²) in [5.41, 5.74) is 1.76. The first-order chi connectivity index (χ1) is 15.5. The van der Waals surface area contributed by atoms with Crippen molar-refractivity contribution in [2.45, 2.75) is 18.5 Å². The fraction of sp³-hybridized carbons (Fsp3) is 0.381. The molecule has 9 nitrogen and oxygen atoms in total. The number of thiophene rings is 1. The van der Waals surface area contributed by atoms with Crippen molar-refractivity contribution >= 4 is 34.8 Å². The van der Waals surface area contributed by atoms with E-state index in [9.17, 15) is 9.59 Å². The summed E-state index contributed by atoms with van der Waals surface area (Å²) in [6.07, 6.45) is 0.302. The average Bonchev–Trinajstić information content (AvgIpc) is 3.47. The highest BCUT2D eigenvalue weighted by molar-refractivity contribution is 7.99. The molecule has 0 N–H and O–H groups in total. The molecule has 0 saturated carbocycles. The minimum atomic E-state index is -0.0316. The molecule has 1 aromatic carbocycles. The van der Waals surface area contributed by atoms with E-state index in [1.54, 1.807) is 22.8 Å². The van der Waals surface area contributed by atoms with Gasteiger partial charge in [0.15, 0.2) is 5.78 Å². The van der Waals surface area contributed by atoms with Crippen molar-refractivity contribution < 1.29 is 19.1 Å². The summed E-state index contributed by atoms with van der Waals surface area (Å²) in [6, 6.07) is 9.36. The SMILES string of the molecule is COc1ccc(C)cc1-n1nnnc1SCC(=O)c1ccc(CC(=O)N2CCOCC2)s1. The summed E-state index contributed by atoms with van der Waals surface area (Å²) in [4.78, 5) is 28.5. The van der Waals surface area contributed by atoms with Crippen LogP contribution in [-0.2, 0) is 16.0 Å². The standard InChI is InChI=1S/C21H23N5O4S2/c1-14-3-5-18(29-2)16(11-14)26-21(22-23-24-26)31-13-17(27)19-6-4-15(32-19)12-20(28)25-7-9-30-10-8-25/h3-6,11H,7-10,12-13H2,1-2H3. The summed E-state index contributed by atoms with van der Waals surface area (Å²) >= 11 is 2.62. The Morgan fingerprint density at radius 3 is 2.81 bits per heavy atom. The van der Waals surface area contributed by atoms with Gasteiger partial charge in [0.05, 0.1) is 37.4 Å². The van der Waals surface area contributed by atoms with E-state index in [4.69, 9.17) is 9.47 Å². The van der Waals surface area contributed by atoms with E-state index in [1.807, 2.05) is 31.2 Å². The smallest absolute Gasteiger partial charge is 0.227 e. The Labute approximate surface area is 193 Å². The molecule has 1 aliphatic heterocycles. The summed E-state index contributed by atoms with van der Waals surface area (Å²) < 4.78 is 12.3. The zero-order valence-corrected chi connectivity index (χ0v) is 19.4. The van der Waals surface area contributed by atoms with Crippen molar-refractivity contribution in [1.29, 1.82) is 0 Å². The summed E-state index contributed by atoms with van der Waals surface area (Å²) in [6.45, 7) is 4.36. The van der Waals surface area contributed by atoms with Crippen molar-refractivity contribution in [2.75, 3.05) is 39.2 Å². The lowest BCUT2D eigenvalue weighted by Crippen LogP contribution is -2.41. The average molecular weight is 474 g/mol. The number of amides is 1. The molecule has 168 valence electrons. The lowest BCUT2D eigenvalue weighted by atomic mass is 10.2. The number of carbonyl (C=O) groups is 2. The van der Waals surface area contributed by atoms with Crippen molar-refractivity contribution in [1.82, 2.24) is 25.1 Å². The van der Waals surface area contributed by atoms with E-state index in [0.717, 1.165) is 10.4 Å². The van der Waals surface area contributed by atoms with Gasteiger partial charge in [0.2, 0.25) is 11.1 Å². The van der Waals surface area contributed by atoms with Gasteiger partial charge in [-0.15, -0.1) is 16.4 Å². The molecular weight excluding hydrogens is 450 g/mol.